The molecule has 0 aromatic heterocycles. The van der Waals surface area contributed by atoms with Crippen LogP contribution in [0.4, 0.5) is 0 Å². The highest BCUT2D eigenvalue weighted by molar-refractivity contribution is 5.96. The van der Waals surface area contributed by atoms with E-state index < -0.39 is 5.97 Å². The summed E-state index contributed by atoms with van der Waals surface area (Å²) in [4.78, 5) is 11.2. The van der Waals surface area contributed by atoms with Crippen LogP contribution in [0.1, 0.15) is 22.3 Å². The molecule has 0 atom stereocenters. The maximum Gasteiger partial charge on any atom is 0.328 e. The van der Waals surface area contributed by atoms with Crippen molar-refractivity contribution in [2.24, 2.45) is 0 Å². The molecule has 0 radical (unpaired) electrons. The molecule has 0 saturated carbocycles. The molecule has 21 heavy (non-hydrogen) atoms. The van der Waals surface area contributed by atoms with Crippen LogP contribution in [0, 0.1) is 13.8 Å². The quantitative estimate of drug-likeness (QED) is 0.867. The summed E-state index contributed by atoms with van der Waals surface area (Å²) in [5, 5.41) is 9.19. The number of ether oxygens (including phenoxy) is 1. The molecule has 0 bridgehead atoms. The Hall–Kier alpha value is -2.55. The van der Waals surface area contributed by atoms with Gasteiger partial charge in [0.1, 0.15) is 5.75 Å². The maximum atomic E-state index is 11.2. The molecule has 2 aromatic carbocycles. The van der Waals surface area contributed by atoms with E-state index in [-0.39, 0.29) is 0 Å². The number of hydrogen-bond donors (Lipinski definition) is 1. The topological polar surface area (TPSA) is 46.5 Å². The van der Waals surface area contributed by atoms with Gasteiger partial charge in [0.25, 0.3) is 0 Å². The standard InChI is InChI=1S/C18H18O3/c1-12-5-4-6-14(9-12)15(11-18(19)20)16-10-13(2)7-8-17(16)21-3/h4-11H,1-3H3,(H,19,20)/b15-11+. The number of hydrogen-bond acceptors (Lipinski definition) is 2. The molecule has 3 heteroatoms. The van der Waals surface area contributed by atoms with Crippen LogP contribution in [0.3, 0.4) is 0 Å². The van der Waals surface area contributed by atoms with Crippen molar-refractivity contribution in [1.29, 1.82) is 0 Å². The number of carboxylic acid groups (broad SMARTS) is 1. The highest BCUT2D eigenvalue weighted by Gasteiger charge is 2.13. The Bertz CT molecular complexity index is 699. The van der Waals surface area contributed by atoms with Crippen LogP contribution in [0.25, 0.3) is 5.57 Å². The summed E-state index contributed by atoms with van der Waals surface area (Å²) in [5.74, 6) is -0.315. The molecular formula is C18H18O3. The average molecular weight is 282 g/mol. The molecule has 108 valence electrons. The van der Waals surface area contributed by atoms with Crippen LogP contribution < -0.4 is 4.74 Å². The zero-order valence-corrected chi connectivity index (χ0v) is 12.4. The second-order valence-electron chi connectivity index (χ2n) is 4.97. The van der Waals surface area contributed by atoms with Crippen LogP contribution in [-0.2, 0) is 4.79 Å². The van der Waals surface area contributed by atoms with Gasteiger partial charge in [-0.05, 0) is 37.1 Å². The number of carbonyl (C=O) groups is 1. The summed E-state index contributed by atoms with van der Waals surface area (Å²) in [5.41, 5.74) is 4.42. The second kappa shape index (κ2) is 6.27. The van der Waals surface area contributed by atoms with Gasteiger partial charge in [0.05, 0.1) is 7.11 Å². The molecule has 0 aliphatic heterocycles. The minimum atomic E-state index is -0.977. The van der Waals surface area contributed by atoms with Crippen LogP contribution in [0.15, 0.2) is 48.5 Å². The van der Waals surface area contributed by atoms with Crippen molar-refractivity contribution in [3.05, 3.63) is 70.8 Å². The fourth-order valence-corrected chi connectivity index (χ4v) is 2.28. The van der Waals surface area contributed by atoms with Crippen molar-refractivity contribution in [2.45, 2.75) is 13.8 Å². The number of benzene rings is 2. The maximum absolute atomic E-state index is 11.2. The van der Waals surface area contributed by atoms with Crippen LogP contribution >= 0.6 is 0 Å². The van der Waals surface area contributed by atoms with E-state index >= 15 is 0 Å². The zero-order valence-electron chi connectivity index (χ0n) is 12.4. The molecular weight excluding hydrogens is 264 g/mol. The van der Waals surface area contributed by atoms with Gasteiger partial charge in [0.2, 0.25) is 0 Å². The van der Waals surface area contributed by atoms with E-state index in [1.165, 1.54) is 6.08 Å². The molecule has 0 aliphatic rings. The molecule has 2 rings (SSSR count). The first-order valence-corrected chi connectivity index (χ1v) is 6.68. The summed E-state index contributed by atoms with van der Waals surface area (Å²) < 4.78 is 5.38. The van der Waals surface area contributed by atoms with Crippen molar-refractivity contribution in [3.8, 4) is 5.75 Å². The predicted octanol–water partition coefficient (Wildman–Crippen LogP) is 3.83. The van der Waals surface area contributed by atoms with Gasteiger partial charge in [-0.3, -0.25) is 0 Å². The molecule has 2 aromatic rings. The van der Waals surface area contributed by atoms with E-state index in [0.29, 0.717) is 11.3 Å². The number of aliphatic carboxylic acids is 1. The normalized spacial score (nSPS) is 11.3. The number of methoxy groups -OCH3 is 1. The lowest BCUT2D eigenvalue weighted by atomic mass is 9.94. The lowest BCUT2D eigenvalue weighted by Gasteiger charge is -2.13. The van der Waals surface area contributed by atoms with E-state index in [4.69, 9.17) is 4.74 Å². The number of carboxylic acids is 1. The minimum Gasteiger partial charge on any atom is -0.496 e. The fourth-order valence-electron chi connectivity index (χ4n) is 2.28. The molecule has 0 saturated heterocycles. The van der Waals surface area contributed by atoms with E-state index in [1.807, 2.05) is 56.3 Å². The van der Waals surface area contributed by atoms with E-state index in [2.05, 4.69) is 0 Å². The molecule has 0 unspecified atom stereocenters. The summed E-state index contributed by atoms with van der Waals surface area (Å²) in [6.45, 7) is 3.95. The Morgan fingerprint density at radius 1 is 1.10 bits per heavy atom. The Balaban J connectivity index is 2.67. The molecule has 0 aliphatic carbocycles. The molecule has 3 nitrogen and oxygen atoms in total. The van der Waals surface area contributed by atoms with Crippen molar-refractivity contribution in [1.82, 2.24) is 0 Å². The Kier molecular flexibility index (Phi) is 4.43. The SMILES string of the molecule is COc1ccc(C)cc1/C(=C/C(=O)O)c1cccc(C)c1. The number of aryl methyl sites for hydroxylation is 2. The monoisotopic (exact) mass is 282 g/mol. The van der Waals surface area contributed by atoms with Crippen LogP contribution in [0.5, 0.6) is 5.75 Å². The van der Waals surface area contributed by atoms with Gasteiger partial charge in [-0.15, -0.1) is 0 Å². The Labute approximate surface area is 124 Å². The fraction of sp³-hybridized carbons (Fsp3) is 0.167. The largest absolute Gasteiger partial charge is 0.496 e. The minimum absolute atomic E-state index is 0.645. The smallest absolute Gasteiger partial charge is 0.328 e. The van der Waals surface area contributed by atoms with Gasteiger partial charge in [-0.2, -0.15) is 0 Å². The second-order valence-corrected chi connectivity index (χ2v) is 4.97. The number of rotatable bonds is 4. The lowest BCUT2D eigenvalue weighted by molar-refractivity contribution is -0.131. The van der Waals surface area contributed by atoms with Crippen molar-refractivity contribution < 1.29 is 14.6 Å². The molecule has 0 heterocycles. The third kappa shape index (κ3) is 3.51. The highest BCUT2D eigenvalue weighted by Crippen LogP contribution is 2.32. The van der Waals surface area contributed by atoms with E-state index in [9.17, 15) is 9.90 Å². The Morgan fingerprint density at radius 2 is 1.81 bits per heavy atom. The molecule has 0 fully saturated rings. The van der Waals surface area contributed by atoms with Gasteiger partial charge in [-0.1, -0.05) is 41.5 Å². The van der Waals surface area contributed by atoms with Crippen molar-refractivity contribution in [3.63, 3.8) is 0 Å². The van der Waals surface area contributed by atoms with Crippen molar-refractivity contribution >= 4 is 11.5 Å². The third-order valence-corrected chi connectivity index (χ3v) is 3.24. The van der Waals surface area contributed by atoms with Gasteiger partial charge in [0, 0.05) is 11.6 Å². The molecule has 1 N–H and O–H groups in total. The average Bonchev–Trinajstić information content (AvgIpc) is 2.44. The first kappa shape index (κ1) is 14.9. The summed E-state index contributed by atoms with van der Waals surface area (Å²) in [7, 11) is 1.59. The molecule has 0 spiro atoms. The van der Waals surface area contributed by atoms with Crippen molar-refractivity contribution in [2.75, 3.05) is 7.11 Å². The Morgan fingerprint density at radius 3 is 2.43 bits per heavy atom. The third-order valence-electron chi connectivity index (χ3n) is 3.24. The van der Waals surface area contributed by atoms with Gasteiger partial charge >= 0.3 is 5.97 Å². The van der Waals surface area contributed by atoms with Gasteiger partial charge in [0.15, 0.2) is 0 Å². The lowest BCUT2D eigenvalue weighted by Crippen LogP contribution is -1.98. The molecule has 0 amide bonds. The first-order chi connectivity index (χ1) is 10.0. The van der Waals surface area contributed by atoms with Gasteiger partial charge < -0.3 is 9.84 Å². The van der Waals surface area contributed by atoms with Crippen LogP contribution in [-0.4, -0.2) is 18.2 Å². The summed E-state index contributed by atoms with van der Waals surface area (Å²) >= 11 is 0. The first-order valence-electron chi connectivity index (χ1n) is 6.68. The van der Waals surface area contributed by atoms with E-state index in [1.54, 1.807) is 7.11 Å². The summed E-state index contributed by atoms with van der Waals surface area (Å²) in [6, 6.07) is 13.5. The zero-order chi connectivity index (χ0) is 15.4. The van der Waals surface area contributed by atoms with Crippen LogP contribution in [0.2, 0.25) is 0 Å². The highest BCUT2D eigenvalue weighted by atomic mass is 16.5. The summed E-state index contributed by atoms with van der Waals surface area (Å²) in [6.07, 6.45) is 1.23. The van der Waals surface area contributed by atoms with E-state index in [0.717, 1.165) is 22.3 Å². The van der Waals surface area contributed by atoms with Gasteiger partial charge in [-0.25, -0.2) is 4.79 Å². The predicted molar refractivity (Wildman–Crippen MR) is 83.6 cm³/mol.